The first-order valence-electron chi connectivity index (χ1n) is 6.61. The van der Waals surface area contributed by atoms with Crippen molar-refractivity contribution in [2.45, 2.75) is 40.7 Å². The normalized spacial score (nSPS) is 10.7. The van der Waals surface area contributed by atoms with Crippen LogP contribution in [0, 0.1) is 27.7 Å². The van der Waals surface area contributed by atoms with E-state index in [0.717, 1.165) is 42.4 Å². The molecular weight excluding hydrogens is 238 g/mol. The maximum atomic E-state index is 4.45. The molecule has 0 radical (unpaired) electrons. The summed E-state index contributed by atoms with van der Waals surface area (Å²) in [6.07, 6.45) is 2.80. The summed E-state index contributed by atoms with van der Waals surface area (Å²) >= 11 is 0. The van der Waals surface area contributed by atoms with E-state index in [1.807, 2.05) is 25.5 Å². The average molecular weight is 259 g/mol. The minimum absolute atomic E-state index is 0.872. The lowest BCUT2D eigenvalue weighted by molar-refractivity contribution is 0.573. The Morgan fingerprint density at radius 2 is 1.95 bits per heavy atom. The predicted octanol–water partition coefficient (Wildman–Crippen LogP) is 2.41. The molecule has 0 unspecified atom stereocenters. The van der Waals surface area contributed by atoms with Gasteiger partial charge < -0.3 is 5.32 Å². The SMILES string of the molecule is Cc1cnc(C)c(NCCCn2nc(C)cc2C)n1. The summed E-state index contributed by atoms with van der Waals surface area (Å²) in [5.41, 5.74) is 4.17. The first kappa shape index (κ1) is 13.5. The standard InChI is InChI=1S/C14H21N5/c1-10-8-12(3)19(18-10)7-5-6-15-14-13(4)16-9-11(2)17-14/h8-9H,5-7H2,1-4H3,(H,15,17). The molecule has 0 aromatic carbocycles. The van der Waals surface area contributed by atoms with E-state index in [1.165, 1.54) is 5.69 Å². The molecule has 0 aliphatic heterocycles. The number of aromatic nitrogens is 4. The predicted molar refractivity (Wildman–Crippen MR) is 76.3 cm³/mol. The lowest BCUT2D eigenvalue weighted by Crippen LogP contribution is -2.11. The number of nitrogens with one attached hydrogen (secondary N) is 1. The second kappa shape index (κ2) is 5.82. The van der Waals surface area contributed by atoms with Gasteiger partial charge in [0.05, 0.1) is 17.1 Å². The van der Waals surface area contributed by atoms with Crippen LogP contribution >= 0.6 is 0 Å². The molecule has 2 aromatic rings. The third kappa shape index (κ3) is 3.53. The van der Waals surface area contributed by atoms with E-state index in [4.69, 9.17) is 0 Å². The van der Waals surface area contributed by atoms with Crippen molar-refractivity contribution in [3.05, 3.63) is 35.0 Å². The Bertz CT molecular complexity index is 559. The number of hydrogen-bond acceptors (Lipinski definition) is 4. The molecule has 0 aliphatic rings. The van der Waals surface area contributed by atoms with E-state index in [1.54, 1.807) is 6.20 Å². The molecule has 2 rings (SSSR count). The Morgan fingerprint density at radius 3 is 2.63 bits per heavy atom. The van der Waals surface area contributed by atoms with E-state index in [-0.39, 0.29) is 0 Å². The summed E-state index contributed by atoms with van der Waals surface area (Å²) in [5.74, 6) is 0.883. The molecule has 0 aliphatic carbocycles. The highest BCUT2D eigenvalue weighted by Gasteiger charge is 2.02. The summed E-state index contributed by atoms with van der Waals surface area (Å²) < 4.78 is 2.05. The van der Waals surface area contributed by atoms with Crippen LogP contribution in [0.25, 0.3) is 0 Å². The van der Waals surface area contributed by atoms with Crippen molar-refractivity contribution in [2.75, 3.05) is 11.9 Å². The lowest BCUT2D eigenvalue weighted by atomic mass is 10.3. The van der Waals surface area contributed by atoms with Crippen LogP contribution in [0.2, 0.25) is 0 Å². The van der Waals surface area contributed by atoms with Gasteiger partial charge in [0, 0.05) is 25.0 Å². The molecule has 5 heteroatoms. The number of hydrogen-bond donors (Lipinski definition) is 1. The fraction of sp³-hybridized carbons (Fsp3) is 0.500. The Kier molecular flexibility index (Phi) is 4.14. The van der Waals surface area contributed by atoms with Gasteiger partial charge in [0.15, 0.2) is 0 Å². The fourth-order valence-electron chi connectivity index (χ4n) is 2.04. The largest absolute Gasteiger partial charge is 0.368 e. The van der Waals surface area contributed by atoms with E-state index >= 15 is 0 Å². The van der Waals surface area contributed by atoms with Crippen LogP contribution < -0.4 is 5.32 Å². The molecule has 5 nitrogen and oxygen atoms in total. The molecule has 0 saturated carbocycles. The summed E-state index contributed by atoms with van der Waals surface area (Å²) in [6.45, 7) is 9.82. The number of anilines is 1. The number of nitrogens with zero attached hydrogens (tertiary/aromatic N) is 4. The first-order chi connectivity index (χ1) is 9.06. The van der Waals surface area contributed by atoms with Crippen molar-refractivity contribution >= 4 is 5.82 Å². The smallest absolute Gasteiger partial charge is 0.147 e. The molecule has 0 spiro atoms. The van der Waals surface area contributed by atoms with E-state index in [9.17, 15) is 0 Å². The molecule has 102 valence electrons. The van der Waals surface area contributed by atoms with Gasteiger partial charge in [0.1, 0.15) is 5.82 Å². The maximum absolute atomic E-state index is 4.45. The Morgan fingerprint density at radius 1 is 1.16 bits per heavy atom. The molecule has 2 heterocycles. The Hall–Kier alpha value is -1.91. The van der Waals surface area contributed by atoms with Crippen LogP contribution in [-0.4, -0.2) is 26.3 Å². The van der Waals surface area contributed by atoms with Crippen LogP contribution in [0.5, 0.6) is 0 Å². The van der Waals surface area contributed by atoms with Gasteiger partial charge in [0.25, 0.3) is 0 Å². The summed E-state index contributed by atoms with van der Waals surface area (Å²) in [4.78, 5) is 8.73. The second-order valence-electron chi connectivity index (χ2n) is 4.88. The van der Waals surface area contributed by atoms with Crippen LogP contribution in [0.15, 0.2) is 12.3 Å². The van der Waals surface area contributed by atoms with Crippen LogP contribution in [0.3, 0.4) is 0 Å². The van der Waals surface area contributed by atoms with Crippen molar-refractivity contribution in [1.82, 2.24) is 19.7 Å². The van der Waals surface area contributed by atoms with Gasteiger partial charge in [0.2, 0.25) is 0 Å². The third-order valence-electron chi connectivity index (χ3n) is 3.02. The third-order valence-corrected chi connectivity index (χ3v) is 3.02. The molecule has 0 bridgehead atoms. The van der Waals surface area contributed by atoms with Crippen molar-refractivity contribution in [1.29, 1.82) is 0 Å². The van der Waals surface area contributed by atoms with Crippen molar-refractivity contribution < 1.29 is 0 Å². The van der Waals surface area contributed by atoms with Crippen LogP contribution in [0.1, 0.15) is 29.2 Å². The summed E-state index contributed by atoms with van der Waals surface area (Å²) in [5, 5.41) is 7.78. The van der Waals surface area contributed by atoms with Crippen molar-refractivity contribution in [3.63, 3.8) is 0 Å². The van der Waals surface area contributed by atoms with E-state index in [2.05, 4.69) is 33.4 Å². The van der Waals surface area contributed by atoms with E-state index in [0.29, 0.717) is 0 Å². The van der Waals surface area contributed by atoms with Gasteiger partial charge in [-0.3, -0.25) is 9.67 Å². The Labute approximate surface area is 114 Å². The first-order valence-corrected chi connectivity index (χ1v) is 6.61. The van der Waals surface area contributed by atoms with Gasteiger partial charge >= 0.3 is 0 Å². The van der Waals surface area contributed by atoms with Gasteiger partial charge in [-0.1, -0.05) is 0 Å². The van der Waals surface area contributed by atoms with Crippen molar-refractivity contribution in [3.8, 4) is 0 Å². The number of aryl methyl sites for hydroxylation is 5. The van der Waals surface area contributed by atoms with Gasteiger partial charge in [-0.25, -0.2) is 4.98 Å². The number of rotatable bonds is 5. The average Bonchev–Trinajstić information content (AvgIpc) is 2.67. The second-order valence-corrected chi connectivity index (χ2v) is 4.88. The molecule has 0 fully saturated rings. The maximum Gasteiger partial charge on any atom is 0.147 e. The van der Waals surface area contributed by atoms with Gasteiger partial charge in [-0.15, -0.1) is 0 Å². The lowest BCUT2D eigenvalue weighted by Gasteiger charge is -2.09. The van der Waals surface area contributed by atoms with Gasteiger partial charge in [-0.2, -0.15) is 5.10 Å². The highest BCUT2D eigenvalue weighted by Crippen LogP contribution is 2.09. The highest BCUT2D eigenvalue weighted by atomic mass is 15.3. The van der Waals surface area contributed by atoms with Crippen LogP contribution in [-0.2, 0) is 6.54 Å². The van der Waals surface area contributed by atoms with E-state index < -0.39 is 0 Å². The zero-order chi connectivity index (χ0) is 13.8. The minimum Gasteiger partial charge on any atom is -0.368 e. The summed E-state index contributed by atoms with van der Waals surface area (Å²) in [6, 6.07) is 2.10. The Balaban J connectivity index is 1.84. The molecule has 0 amide bonds. The zero-order valence-corrected chi connectivity index (χ0v) is 12.1. The molecular formula is C14H21N5. The quantitative estimate of drug-likeness (QED) is 0.838. The molecule has 2 aromatic heterocycles. The monoisotopic (exact) mass is 259 g/mol. The van der Waals surface area contributed by atoms with Gasteiger partial charge in [-0.05, 0) is 40.2 Å². The summed E-state index contributed by atoms with van der Waals surface area (Å²) in [7, 11) is 0. The molecule has 1 N–H and O–H groups in total. The topological polar surface area (TPSA) is 55.6 Å². The molecule has 19 heavy (non-hydrogen) atoms. The molecule has 0 atom stereocenters. The fourth-order valence-corrected chi connectivity index (χ4v) is 2.04. The minimum atomic E-state index is 0.872. The van der Waals surface area contributed by atoms with Crippen LogP contribution in [0.4, 0.5) is 5.82 Å². The highest BCUT2D eigenvalue weighted by molar-refractivity contribution is 5.39. The molecule has 0 saturated heterocycles. The van der Waals surface area contributed by atoms with Crippen molar-refractivity contribution in [2.24, 2.45) is 0 Å². The zero-order valence-electron chi connectivity index (χ0n) is 12.1.